The molecule has 3 heterocycles. The van der Waals surface area contributed by atoms with Crippen molar-refractivity contribution >= 4 is 11.6 Å². The summed E-state index contributed by atoms with van der Waals surface area (Å²) >= 11 is 0. The molecule has 0 spiro atoms. The van der Waals surface area contributed by atoms with Gasteiger partial charge in [0.2, 0.25) is 0 Å². The Morgan fingerprint density at radius 1 is 1.07 bits per heavy atom. The standard InChI is InChI=1S/C21H23N5O/c1-14-3-8-20(22-11-14)26-10-9-19-18(12-26)21(24-13-23-19)25-15(2)16-4-6-17(27)7-5-16/h3-8,11,13,15,27H,9-10,12H2,1-2H3,(H,23,24,25)/t15-/m0/s1. The van der Waals surface area contributed by atoms with Gasteiger partial charge in [0.15, 0.2) is 0 Å². The van der Waals surface area contributed by atoms with E-state index in [1.54, 1.807) is 18.5 Å². The summed E-state index contributed by atoms with van der Waals surface area (Å²) < 4.78 is 0. The molecule has 1 aromatic carbocycles. The van der Waals surface area contributed by atoms with Crippen LogP contribution in [0.4, 0.5) is 11.6 Å². The number of pyridine rings is 1. The van der Waals surface area contributed by atoms with Crippen LogP contribution in [-0.4, -0.2) is 26.6 Å². The molecule has 0 aliphatic carbocycles. The van der Waals surface area contributed by atoms with Crippen molar-refractivity contribution in [1.82, 2.24) is 15.0 Å². The molecule has 1 aliphatic rings. The van der Waals surface area contributed by atoms with Crippen molar-refractivity contribution in [2.24, 2.45) is 0 Å². The molecule has 0 radical (unpaired) electrons. The summed E-state index contributed by atoms with van der Waals surface area (Å²) in [5.41, 5.74) is 4.46. The van der Waals surface area contributed by atoms with Crippen molar-refractivity contribution in [2.45, 2.75) is 32.9 Å². The molecule has 2 N–H and O–H groups in total. The highest BCUT2D eigenvalue weighted by atomic mass is 16.3. The minimum atomic E-state index is 0.0671. The van der Waals surface area contributed by atoms with E-state index in [1.807, 2.05) is 25.3 Å². The topological polar surface area (TPSA) is 74.2 Å². The highest BCUT2D eigenvalue weighted by Gasteiger charge is 2.22. The first-order chi connectivity index (χ1) is 13.1. The third-order valence-corrected chi connectivity index (χ3v) is 4.97. The fourth-order valence-corrected chi connectivity index (χ4v) is 3.36. The lowest BCUT2D eigenvalue weighted by Gasteiger charge is -2.30. The maximum absolute atomic E-state index is 9.49. The van der Waals surface area contributed by atoms with E-state index in [0.717, 1.165) is 53.5 Å². The van der Waals surface area contributed by atoms with Crippen molar-refractivity contribution < 1.29 is 5.11 Å². The summed E-state index contributed by atoms with van der Waals surface area (Å²) in [5.74, 6) is 2.11. The maximum atomic E-state index is 9.49. The first-order valence-electron chi connectivity index (χ1n) is 9.16. The third kappa shape index (κ3) is 3.69. The van der Waals surface area contributed by atoms with Crippen LogP contribution < -0.4 is 10.2 Å². The predicted molar refractivity (Wildman–Crippen MR) is 106 cm³/mol. The van der Waals surface area contributed by atoms with E-state index in [9.17, 15) is 5.11 Å². The molecule has 0 saturated carbocycles. The molecule has 27 heavy (non-hydrogen) atoms. The van der Waals surface area contributed by atoms with E-state index in [4.69, 9.17) is 0 Å². The molecule has 138 valence electrons. The molecule has 0 bridgehead atoms. The third-order valence-electron chi connectivity index (χ3n) is 4.97. The van der Waals surface area contributed by atoms with Crippen molar-refractivity contribution in [3.05, 3.63) is 71.3 Å². The Morgan fingerprint density at radius 3 is 2.63 bits per heavy atom. The smallest absolute Gasteiger partial charge is 0.135 e. The van der Waals surface area contributed by atoms with Crippen LogP contribution in [0.25, 0.3) is 0 Å². The average Bonchev–Trinajstić information content (AvgIpc) is 2.69. The minimum absolute atomic E-state index is 0.0671. The van der Waals surface area contributed by atoms with E-state index in [-0.39, 0.29) is 11.8 Å². The van der Waals surface area contributed by atoms with Gasteiger partial charge in [0.25, 0.3) is 0 Å². The number of aromatic nitrogens is 3. The summed E-state index contributed by atoms with van der Waals surface area (Å²) in [7, 11) is 0. The normalized spacial score (nSPS) is 14.5. The Hall–Kier alpha value is -3.15. The number of nitrogens with one attached hydrogen (secondary N) is 1. The Bertz CT molecular complexity index is 924. The fraction of sp³-hybridized carbons (Fsp3) is 0.286. The van der Waals surface area contributed by atoms with Crippen LogP contribution in [0.5, 0.6) is 5.75 Å². The molecule has 0 amide bonds. The van der Waals surface area contributed by atoms with E-state index < -0.39 is 0 Å². The first kappa shape index (κ1) is 17.3. The number of aromatic hydroxyl groups is 1. The molecule has 6 heteroatoms. The largest absolute Gasteiger partial charge is 0.508 e. The molecule has 1 aliphatic heterocycles. The van der Waals surface area contributed by atoms with Crippen molar-refractivity contribution in [1.29, 1.82) is 0 Å². The molecule has 4 rings (SSSR count). The molecule has 6 nitrogen and oxygen atoms in total. The van der Waals surface area contributed by atoms with Crippen molar-refractivity contribution in [3.8, 4) is 5.75 Å². The van der Waals surface area contributed by atoms with Crippen LogP contribution in [0.15, 0.2) is 48.9 Å². The number of phenols is 1. The van der Waals surface area contributed by atoms with Gasteiger partial charge in [-0.25, -0.2) is 15.0 Å². The number of fused-ring (bicyclic) bond motifs is 1. The molecule has 0 fully saturated rings. The highest BCUT2D eigenvalue weighted by molar-refractivity contribution is 5.53. The SMILES string of the molecule is Cc1ccc(N2CCc3ncnc(N[C@@H](C)c4ccc(O)cc4)c3C2)nc1. The number of hydrogen-bond donors (Lipinski definition) is 2. The summed E-state index contributed by atoms with van der Waals surface area (Å²) in [6.07, 6.45) is 4.40. The zero-order valence-corrected chi connectivity index (χ0v) is 15.6. The summed E-state index contributed by atoms with van der Waals surface area (Å²) in [5, 5.41) is 13.0. The Labute approximate surface area is 158 Å². The van der Waals surface area contributed by atoms with E-state index >= 15 is 0 Å². The van der Waals surface area contributed by atoms with Crippen LogP contribution in [0.1, 0.15) is 35.3 Å². The van der Waals surface area contributed by atoms with Gasteiger partial charge >= 0.3 is 0 Å². The zero-order chi connectivity index (χ0) is 18.8. The fourth-order valence-electron chi connectivity index (χ4n) is 3.36. The molecule has 0 saturated heterocycles. The number of anilines is 2. The minimum Gasteiger partial charge on any atom is -0.508 e. The second-order valence-corrected chi connectivity index (χ2v) is 6.97. The molecule has 2 aromatic heterocycles. The Kier molecular flexibility index (Phi) is 4.62. The van der Waals surface area contributed by atoms with Crippen LogP contribution in [-0.2, 0) is 13.0 Å². The molecule has 0 unspecified atom stereocenters. The lowest BCUT2D eigenvalue weighted by molar-refractivity contribution is 0.475. The van der Waals surface area contributed by atoms with Gasteiger partial charge in [-0.05, 0) is 43.2 Å². The van der Waals surface area contributed by atoms with Gasteiger partial charge in [-0.3, -0.25) is 0 Å². The monoisotopic (exact) mass is 361 g/mol. The number of benzene rings is 1. The Morgan fingerprint density at radius 2 is 1.89 bits per heavy atom. The van der Waals surface area contributed by atoms with Crippen LogP contribution in [0.3, 0.4) is 0 Å². The van der Waals surface area contributed by atoms with Gasteiger partial charge < -0.3 is 15.3 Å². The molecule has 3 aromatic rings. The van der Waals surface area contributed by atoms with Gasteiger partial charge in [-0.1, -0.05) is 18.2 Å². The van der Waals surface area contributed by atoms with Crippen LogP contribution in [0, 0.1) is 6.92 Å². The second-order valence-electron chi connectivity index (χ2n) is 6.97. The lowest BCUT2D eigenvalue weighted by Crippen LogP contribution is -2.32. The quantitative estimate of drug-likeness (QED) is 0.739. The van der Waals surface area contributed by atoms with Gasteiger partial charge in [0.1, 0.15) is 23.7 Å². The predicted octanol–water partition coefficient (Wildman–Crippen LogP) is 3.62. The van der Waals surface area contributed by atoms with Crippen LogP contribution >= 0.6 is 0 Å². The van der Waals surface area contributed by atoms with Crippen molar-refractivity contribution in [2.75, 3.05) is 16.8 Å². The number of phenolic OH excluding ortho intramolecular Hbond substituents is 1. The van der Waals surface area contributed by atoms with E-state index in [1.165, 1.54) is 0 Å². The molecule has 1 atom stereocenters. The summed E-state index contributed by atoms with van der Waals surface area (Å²) in [4.78, 5) is 15.8. The van der Waals surface area contributed by atoms with Gasteiger partial charge in [-0.2, -0.15) is 0 Å². The van der Waals surface area contributed by atoms with Crippen molar-refractivity contribution in [3.63, 3.8) is 0 Å². The lowest BCUT2D eigenvalue weighted by atomic mass is 10.0. The summed E-state index contributed by atoms with van der Waals surface area (Å²) in [6, 6.07) is 11.5. The number of aryl methyl sites for hydroxylation is 1. The second kappa shape index (κ2) is 7.23. The first-order valence-corrected chi connectivity index (χ1v) is 9.16. The zero-order valence-electron chi connectivity index (χ0n) is 15.6. The van der Waals surface area contributed by atoms with Crippen LogP contribution in [0.2, 0.25) is 0 Å². The molecular formula is C21H23N5O. The highest BCUT2D eigenvalue weighted by Crippen LogP contribution is 2.28. The number of hydrogen-bond acceptors (Lipinski definition) is 6. The molecular weight excluding hydrogens is 338 g/mol. The van der Waals surface area contributed by atoms with E-state index in [0.29, 0.717) is 0 Å². The van der Waals surface area contributed by atoms with Gasteiger partial charge in [0.05, 0.1) is 5.69 Å². The number of nitrogens with zero attached hydrogens (tertiary/aromatic N) is 4. The Balaban J connectivity index is 1.57. The van der Waals surface area contributed by atoms with Gasteiger partial charge in [-0.15, -0.1) is 0 Å². The number of rotatable bonds is 4. The van der Waals surface area contributed by atoms with E-state index in [2.05, 4.69) is 44.2 Å². The van der Waals surface area contributed by atoms with Gasteiger partial charge in [0, 0.05) is 37.3 Å². The average molecular weight is 361 g/mol. The summed E-state index contributed by atoms with van der Waals surface area (Å²) in [6.45, 7) is 5.76. The maximum Gasteiger partial charge on any atom is 0.135 e.